The number of sulfonamides is 1. The quantitative estimate of drug-likeness (QED) is 0.170. The Kier molecular flexibility index (Phi) is 11.3. The molecule has 274 valence electrons. The minimum atomic E-state index is -4.11. The first-order valence-electron chi connectivity index (χ1n) is 16.7. The van der Waals surface area contributed by atoms with Crippen LogP contribution in [-0.4, -0.2) is 86.5 Å². The van der Waals surface area contributed by atoms with Gasteiger partial charge in [0.1, 0.15) is 18.5 Å². The molecule has 2 N–H and O–H groups in total. The van der Waals surface area contributed by atoms with Crippen LogP contribution in [0.15, 0.2) is 71.6 Å². The van der Waals surface area contributed by atoms with Crippen LogP contribution >= 0.6 is 0 Å². The molecule has 16 heteroatoms. The summed E-state index contributed by atoms with van der Waals surface area (Å²) in [6.07, 6.45) is -2.27. The molecule has 3 aromatic carbocycles. The Balaban J connectivity index is 1.17. The summed E-state index contributed by atoms with van der Waals surface area (Å²) in [5.41, 5.74) is 1.31. The van der Waals surface area contributed by atoms with E-state index in [2.05, 4.69) is 5.32 Å². The highest BCUT2D eigenvalue weighted by molar-refractivity contribution is 7.89. The minimum Gasteiger partial charge on any atom is -0.489 e. The monoisotopic (exact) mass is 727 g/mol. The first kappa shape index (κ1) is 36.3. The number of carbonyl (C=O) groups excluding carboxylic acids is 1. The molecule has 3 aromatic rings. The van der Waals surface area contributed by atoms with Gasteiger partial charge >= 0.3 is 6.09 Å². The molecule has 0 aromatic heterocycles. The van der Waals surface area contributed by atoms with Gasteiger partial charge in [0.2, 0.25) is 16.8 Å². The van der Waals surface area contributed by atoms with Crippen molar-refractivity contribution in [1.82, 2.24) is 9.62 Å². The highest BCUT2D eigenvalue weighted by Crippen LogP contribution is 2.35. The Hall–Kier alpha value is -4.48. The lowest BCUT2D eigenvalue weighted by molar-refractivity contribution is -0.384. The maximum absolute atomic E-state index is 13.9. The molecule has 0 aliphatic carbocycles. The second-order valence-corrected chi connectivity index (χ2v) is 15.0. The summed E-state index contributed by atoms with van der Waals surface area (Å²) in [5.74, 6) is 1.07. The van der Waals surface area contributed by atoms with E-state index in [0.29, 0.717) is 41.4 Å². The number of amides is 1. The van der Waals surface area contributed by atoms with E-state index >= 15 is 0 Å². The number of hydrogen-bond donors (Lipinski definition) is 2. The van der Waals surface area contributed by atoms with Crippen LogP contribution in [0.3, 0.4) is 0 Å². The van der Waals surface area contributed by atoms with E-state index in [1.807, 2.05) is 13.8 Å². The molecule has 6 rings (SSSR count). The van der Waals surface area contributed by atoms with Crippen molar-refractivity contribution in [2.75, 3.05) is 33.1 Å². The number of carbonyl (C=O) groups is 1. The average molecular weight is 728 g/mol. The minimum absolute atomic E-state index is 0.0109. The predicted molar refractivity (Wildman–Crippen MR) is 181 cm³/mol. The maximum atomic E-state index is 13.9. The maximum Gasteiger partial charge on any atom is 0.407 e. The third-order valence-corrected chi connectivity index (χ3v) is 10.7. The number of rotatable bonds is 15. The van der Waals surface area contributed by atoms with Gasteiger partial charge in [0, 0.05) is 31.3 Å². The van der Waals surface area contributed by atoms with Gasteiger partial charge in [-0.25, -0.2) is 13.2 Å². The smallest absolute Gasteiger partial charge is 0.407 e. The van der Waals surface area contributed by atoms with Gasteiger partial charge in [-0.05, 0) is 54.2 Å². The molecule has 2 fully saturated rings. The molecule has 51 heavy (non-hydrogen) atoms. The lowest BCUT2D eigenvalue weighted by atomic mass is 10.0. The molecule has 0 saturated carbocycles. The van der Waals surface area contributed by atoms with Gasteiger partial charge in [-0.15, -0.1) is 0 Å². The van der Waals surface area contributed by atoms with Crippen LogP contribution in [0.25, 0.3) is 0 Å². The van der Waals surface area contributed by atoms with Crippen molar-refractivity contribution in [3.8, 4) is 17.2 Å². The molecule has 5 atom stereocenters. The third-order valence-electron chi connectivity index (χ3n) is 8.86. The summed E-state index contributed by atoms with van der Waals surface area (Å²) in [6.45, 7) is 4.30. The van der Waals surface area contributed by atoms with Gasteiger partial charge in [-0.1, -0.05) is 38.1 Å². The zero-order chi connectivity index (χ0) is 36.1. The molecule has 0 radical (unpaired) electrons. The zero-order valence-corrected chi connectivity index (χ0v) is 29.0. The van der Waals surface area contributed by atoms with Crippen molar-refractivity contribution in [1.29, 1.82) is 0 Å². The highest BCUT2D eigenvalue weighted by Gasteiger charge is 2.44. The zero-order valence-electron chi connectivity index (χ0n) is 28.2. The predicted octanol–water partition coefficient (Wildman–Crippen LogP) is 4.01. The largest absolute Gasteiger partial charge is 0.489 e. The lowest BCUT2D eigenvalue weighted by Gasteiger charge is -2.31. The summed E-state index contributed by atoms with van der Waals surface area (Å²) in [6, 6.07) is 16.5. The summed E-state index contributed by atoms with van der Waals surface area (Å²) in [5, 5.41) is 25.6. The number of benzene rings is 3. The number of hydrogen-bond acceptors (Lipinski definition) is 12. The fraction of sp³-hybridized carbons (Fsp3) is 0.457. The second-order valence-electron chi connectivity index (χ2n) is 13.1. The van der Waals surface area contributed by atoms with Gasteiger partial charge in [0.05, 0.1) is 41.1 Å². The van der Waals surface area contributed by atoms with Gasteiger partial charge < -0.3 is 38.8 Å². The Labute approximate surface area is 295 Å². The van der Waals surface area contributed by atoms with Gasteiger partial charge in [0.25, 0.3) is 5.69 Å². The summed E-state index contributed by atoms with van der Waals surface area (Å²) < 4.78 is 62.5. The van der Waals surface area contributed by atoms with Crippen molar-refractivity contribution in [3.63, 3.8) is 0 Å². The molecule has 1 amide bonds. The molecule has 0 unspecified atom stereocenters. The second kappa shape index (κ2) is 15.8. The van der Waals surface area contributed by atoms with Crippen LogP contribution in [0.5, 0.6) is 17.2 Å². The van der Waals surface area contributed by atoms with E-state index in [1.165, 1.54) is 34.6 Å². The Bertz CT molecular complexity index is 1810. The van der Waals surface area contributed by atoms with Crippen molar-refractivity contribution in [3.05, 3.63) is 88.0 Å². The van der Waals surface area contributed by atoms with Crippen LogP contribution in [0, 0.1) is 22.0 Å². The number of nitrogens with one attached hydrogen (secondary N) is 1. The van der Waals surface area contributed by atoms with Crippen LogP contribution in [0.1, 0.15) is 31.4 Å². The van der Waals surface area contributed by atoms with Crippen molar-refractivity contribution in [2.45, 2.75) is 62.7 Å². The Morgan fingerprint density at radius 3 is 2.59 bits per heavy atom. The fourth-order valence-electron chi connectivity index (χ4n) is 6.26. The summed E-state index contributed by atoms with van der Waals surface area (Å²) in [7, 11) is -4.11. The summed E-state index contributed by atoms with van der Waals surface area (Å²) in [4.78, 5) is 23.9. The van der Waals surface area contributed by atoms with Gasteiger partial charge in [-0.2, -0.15) is 4.31 Å². The molecule has 0 bridgehead atoms. The Morgan fingerprint density at radius 2 is 1.82 bits per heavy atom. The van der Waals surface area contributed by atoms with E-state index in [1.54, 1.807) is 36.4 Å². The van der Waals surface area contributed by atoms with Gasteiger partial charge in [0.15, 0.2) is 17.8 Å². The number of nitro benzene ring substituents is 1. The van der Waals surface area contributed by atoms with Crippen LogP contribution in [0.4, 0.5) is 10.5 Å². The van der Waals surface area contributed by atoms with Crippen molar-refractivity contribution < 1.29 is 51.7 Å². The molecule has 0 spiro atoms. The molecular weight excluding hydrogens is 686 g/mol. The number of ether oxygens (including phenoxy) is 6. The fourth-order valence-corrected chi connectivity index (χ4v) is 7.89. The Morgan fingerprint density at radius 1 is 1.04 bits per heavy atom. The molecule has 3 aliphatic heterocycles. The molecule has 3 aliphatic rings. The number of nitrogens with zero attached hydrogens (tertiary/aromatic N) is 2. The SMILES string of the molecule is CC(C)CN(C[C@@H](O)[C@H](Cc1ccc(OCc2cccc([N+](=O)[O-])c2)cc1)NC(=O)O[C@H]1CO[C@H]2OCC[C@H]21)S(=O)(=O)c1ccc2c(c1)OCO2. The van der Waals surface area contributed by atoms with E-state index in [9.17, 15) is 28.4 Å². The van der Waals surface area contributed by atoms with Crippen molar-refractivity contribution >= 4 is 21.8 Å². The number of alkyl carbamates (subject to hydrolysis) is 1. The number of non-ortho nitro benzene ring substituents is 1. The first-order chi connectivity index (χ1) is 24.5. The number of aliphatic hydroxyl groups is 1. The topological polar surface area (TPSA) is 185 Å². The van der Waals surface area contributed by atoms with Crippen LogP contribution < -0.4 is 19.5 Å². The normalized spacial score (nSPS) is 20.6. The first-order valence-corrected chi connectivity index (χ1v) is 18.1. The van der Waals surface area contributed by atoms with Crippen molar-refractivity contribution in [2.24, 2.45) is 11.8 Å². The van der Waals surface area contributed by atoms with E-state index in [4.69, 9.17) is 28.4 Å². The number of nitro groups is 1. The highest BCUT2D eigenvalue weighted by atomic mass is 32.2. The van der Waals surface area contributed by atoms with Crippen LogP contribution in [-0.2, 0) is 37.3 Å². The molecule has 2 saturated heterocycles. The third kappa shape index (κ3) is 8.88. The van der Waals surface area contributed by atoms with E-state index in [-0.39, 0.29) is 61.9 Å². The van der Waals surface area contributed by atoms with Crippen LogP contribution in [0.2, 0.25) is 0 Å². The molecule has 15 nitrogen and oxygen atoms in total. The summed E-state index contributed by atoms with van der Waals surface area (Å²) >= 11 is 0. The molecule has 3 heterocycles. The molecular formula is C35H41N3O12S. The van der Waals surface area contributed by atoms with Gasteiger partial charge in [-0.3, -0.25) is 10.1 Å². The number of aliphatic hydroxyl groups excluding tert-OH is 1. The van der Waals surface area contributed by atoms with E-state index < -0.39 is 45.6 Å². The number of fused-ring (bicyclic) bond motifs is 2. The van der Waals surface area contributed by atoms with E-state index in [0.717, 1.165) is 0 Å². The standard InChI is InChI=1S/C35H41N3O12S/c1-22(2)17-37(51(43,44)27-10-11-31-32(16-27)49-21-48-31)18-30(39)29(36-35(40)50-33-20-47-34-28(33)12-13-45-34)15-23-6-8-26(9-7-23)46-19-24-4-3-5-25(14-24)38(41)42/h3-11,14,16,22,28-30,33-34,39H,12-13,15,17-21H2,1-2H3,(H,36,40)/t28-,29-,30+,33-,34+/m0/s1. The lowest BCUT2D eigenvalue weighted by Crippen LogP contribution is -2.51. The average Bonchev–Trinajstić information content (AvgIpc) is 3.86.